The summed E-state index contributed by atoms with van der Waals surface area (Å²) in [7, 11) is 0. The Balaban J connectivity index is 0.00000492. The molecule has 2 aliphatic rings. The van der Waals surface area contributed by atoms with Crippen LogP contribution >= 0.6 is 0 Å². The van der Waals surface area contributed by atoms with Crippen LogP contribution in [0.5, 0.6) is 0 Å². The average Bonchev–Trinajstić information content (AvgIpc) is 4.17. The second-order valence-electron chi connectivity index (χ2n) is 17.5. The van der Waals surface area contributed by atoms with Crippen molar-refractivity contribution in [2.45, 2.75) is 0 Å². The summed E-state index contributed by atoms with van der Waals surface area (Å²) in [5.74, 6) is 2.17. The first-order chi connectivity index (χ1) is 34.7. The van der Waals surface area contributed by atoms with Crippen LogP contribution in [-0.2, 0) is 17.1 Å². The van der Waals surface area contributed by atoms with Gasteiger partial charge >= 0.3 is 0 Å². The van der Waals surface area contributed by atoms with E-state index in [1.807, 2.05) is 30.3 Å². The Morgan fingerprint density at radius 1 is 0.225 bits per heavy atom. The van der Waals surface area contributed by atoms with Gasteiger partial charge < -0.3 is 9.97 Å². The van der Waals surface area contributed by atoms with E-state index in [2.05, 4.69) is 198 Å². The van der Waals surface area contributed by atoms with Gasteiger partial charge in [0.2, 0.25) is 0 Å². The third kappa shape index (κ3) is 6.90. The third-order valence-electron chi connectivity index (χ3n) is 13.5. The summed E-state index contributed by atoms with van der Waals surface area (Å²) >= 11 is 0. The zero-order valence-electron chi connectivity index (χ0n) is 37.8. The quantitative estimate of drug-likeness (QED) is 0.166. The molecule has 71 heavy (non-hydrogen) atoms. The van der Waals surface area contributed by atoms with Crippen LogP contribution in [0.3, 0.4) is 0 Å². The molecule has 2 N–H and O–H groups in total. The standard InChI is InChI=1S/C62H38N8.Cu/c1-6-21-37(22-7-1)42-35-20-36-47-52(42)60-68-59(47)66-57-44-32-17-16-31-43(44)55(64-57)63-56-45-33-18-19-34-46(45)58(65-56)67-61-53-50(40-27-12-4-13-28-40)48(38-23-8-2-9-24-38)49(39-25-10-3-11-26-39)51(41-29-14-5-15-30-41)54(53)62(69-60)70-61;/h1-36H,(H2,63,64,65,66,67,68,69,70);. The van der Waals surface area contributed by atoms with Gasteiger partial charge in [-0.25, -0.2) is 29.9 Å². The SMILES string of the molecule is [Cu].c1ccc(-c2cccc3c2-c2nc-3nc3[nH]c(nc4nc(nc5[nH]c(n2)c2c(-c6ccccc6)c(-c6ccccc6)c(-c6ccccc6)c(-c6ccccc6)c52)-c2ccccc2-4)c2ccccc32)cc1. The van der Waals surface area contributed by atoms with Crippen molar-refractivity contribution < 1.29 is 17.1 Å². The van der Waals surface area contributed by atoms with Crippen LogP contribution in [0, 0.1) is 0 Å². The van der Waals surface area contributed by atoms with E-state index < -0.39 is 0 Å². The van der Waals surface area contributed by atoms with Crippen LogP contribution in [0.2, 0.25) is 0 Å². The van der Waals surface area contributed by atoms with E-state index in [0.29, 0.717) is 45.9 Å². The van der Waals surface area contributed by atoms with Crippen molar-refractivity contribution in [2.75, 3.05) is 0 Å². The molecule has 337 valence electrons. The molecule has 0 saturated heterocycles. The number of nitrogens with one attached hydrogen (secondary N) is 2. The van der Waals surface area contributed by atoms with Crippen LogP contribution in [0.15, 0.2) is 218 Å². The van der Waals surface area contributed by atoms with Crippen molar-refractivity contribution in [3.8, 4) is 101 Å². The molecular weight excluding hydrogens is 920 g/mol. The van der Waals surface area contributed by atoms with Gasteiger partial charge in [-0.1, -0.05) is 218 Å². The Kier molecular flexibility index (Phi) is 10.1. The van der Waals surface area contributed by atoms with Gasteiger partial charge in [-0.15, -0.1) is 0 Å². The molecule has 9 aromatic carbocycles. The first kappa shape index (κ1) is 42.0. The van der Waals surface area contributed by atoms with Crippen LogP contribution in [-0.4, -0.2) is 39.9 Å². The summed E-state index contributed by atoms with van der Waals surface area (Å²) < 4.78 is 0. The Morgan fingerprint density at radius 3 is 1.03 bits per heavy atom. The van der Waals surface area contributed by atoms with Crippen molar-refractivity contribution in [2.24, 2.45) is 0 Å². The van der Waals surface area contributed by atoms with Crippen LogP contribution in [0.25, 0.3) is 145 Å². The van der Waals surface area contributed by atoms with E-state index in [-0.39, 0.29) is 17.1 Å². The molecule has 0 amide bonds. The molecule has 0 spiro atoms. The van der Waals surface area contributed by atoms with Crippen molar-refractivity contribution >= 4 is 44.1 Å². The number of hydrogen-bond acceptors (Lipinski definition) is 6. The van der Waals surface area contributed by atoms with Gasteiger partial charge in [0.1, 0.15) is 22.6 Å². The third-order valence-corrected chi connectivity index (χ3v) is 13.5. The second-order valence-corrected chi connectivity index (χ2v) is 17.5. The Morgan fingerprint density at radius 2 is 0.549 bits per heavy atom. The van der Waals surface area contributed by atoms with Crippen molar-refractivity contribution in [3.63, 3.8) is 0 Å². The molecule has 5 heterocycles. The van der Waals surface area contributed by atoms with Gasteiger partial charge in [-0.05, 0) is 44.5 Å². The van der Waals surface area contributed by atoms with Crippen molar-refractivity contribution in [3.05, 3.63) is 218 Å². The molecule has 9 heteroatoms. The molecule has 8 bridgehead atoms. The maximum absolute atomic E-state index is 5.76. The van der Waals surface area contributed by atoms with Crippen molar-refractivity contribution in [1.82, 2.24) is 39.9 Å². The largest absolute Gasteiger partial charge is 0.324 e. The number of benzene rings is 9. The molecule has 12 aromatic rings. The molecule has 0 aliphatic carbocycles. The molecule has 14 rings (SSSR count). The van der Waals surface area contributed by atoms with E-state index >= 15 is 0 Å². The second kappa shape index (κ2) is 17.1. The minimum Gasteiger partial charge on any atom is -0.324 e. The molecule has 1 radical (unpaired) electrons. The first-order valence-corrected chi connectivity index (χ1v) is 23.4. The number of aromatic nitrogens is 8. The number of H-pyrrole nitrogens is 2. The molecule has 2 aliphatic heterocycles. The van der Waals surface area contributed by atoms with E-state index in [1.165, 1.54) is 0 Å². The first-order valence-electron chi connectivity index (χ1n) is 23.4. The van der Waals surface area contributed by atoms with Gasteiger partial charge in [-0.2, -0.15) is 0 Å². The van der Waals surface area contributed by atoms with Gasteiger partial charge in [-0.3, -0.25) is 0 Å². The monoisotopic (exact) mass is 957 g/mol. The Labute approximate surface area is 418 Å². The molecule has 0 saturated carbocycles. The molecule has 8 nitrogen and oxygen atoms in total. The minimum atomic E-state index is 0. The number of rotatable bonds is 5. The fourth-order valence-corrected chi connectivity index (χ4v) is 10.4. The number of fused-ring (bicyclic) bond motifs is 20. The molecule has 3 aromatic heterocycles. The summed E-state index contributed by atoms with van der Waals surface area (Å²) in [5, 5.41) is 3.65. The molecule has 0 unspecified atom stereocenters. The van der Waals surface area contributed by atoms with E-state index in [4.69, 9.17) is 29.9 Å². The van der Waals surface area contributed by atoms with Gasteiger partial charge in [0.05, 0.1) is 0 Å². The maximum atomic E-state index is 5.76. The van der Waals surface area contributed by atoms with Crippen molar-refractivity contribution in [1.29, 1.82) is 0 Å². The van der Waals surface area contributed by atoms with Crippen LogP contribution in [0.4, 0.5) is 0 Å². The van der Waals surface area contributed by atoms with Crippen LogP contribution < -0.4 is 0 Å². The Hall–Kier alpha value is -9.14. The summed E-state index contributed by atoms with van der Waals surface area (Å²) in [6, 6.07) is 75.8. The summed E-state index contributed by atoms with van der Waals surface area (Å²) in [6.07, 6.45) is 0. The normalized spacial score (nSPS) is 11.5. The zero-order valence-corrected chi connectivity index (χ0v) is 38.7. The fourth-order valence-electron chi connectivity index (χ4n) is 10.4. The topological polar surface area (TPSA) is 109 Å². The summed E-state index contributed by atoms with van der Waals surface area (Å²) in [6.45, 7) is 0. The molecule has 0 fully saturated rings. The van der Waals surface area contributed by atoms with Gasteiger partial charge in [0.25, 0.3) is 0 Å². The van der Waals surface area contributed by atoms with Gasteiger partial charge in [0, 0.05) is 72.0 Å². The van der Waals surface area contributed by atoms with E-state index in [0.717, 1.165) is 99.4 Å². The average molecular weight is 959 g/mol. The maximum Gasteiger partial charge on any atom is 0.165 e. The zero-order chi connectivity index (χ0) is 46.1. The smallest absolute Gasteiger partial charge is 0.165 e. The minimum absolute atomic E-state index is 0. The predicted molar refractivity (Wildman–Crippen MR) is 283 cm³/mol. The Bertz CT molecular complexity index is 4220. The fraction of sp³-hybridized carbons (Fsp3) is 0. The van der Waals surface area contributed by atoms with E-state index in [9.17, 15) is 0 Å². The number of hydrogen-bond donors (Lipinski definition) is 2. The predicted octanol–water partition coefficient (Wildman–Crippen LogP) is 15.2. The van der Waals surface area contributed by atoms with E-state index in [1.54, 1.807) is 0 Å². The molecular formula is C62H38CuN8. The summed E-state index contributed by atoms with van der Waals surface area (Å²) in [5.41, 5.74) is 16.5. The van der Waals surface area contributed by atoms with Crippen LogP contribution in [0.1, 0.15) is 0 Å². The summed E-state index contributed by atoms with van der Waals surface area (Å²) in [4.78, 5) is 40.2. The van der Waals surface area contributed by atoms with Gasteiger partial charge in [0.15, 0.2) is 23.3 Å². The molecule has 0 atom stereocenters. The number of aromatic amines is 2. The number of nitrogens with zero attached hydrogens (tertiary/aromatic N) is 6.